The molecule has 3 rings (SSSR count). The maximum atomic E-state index is 5.76. The second kappa shape index (κ2) is 4.50. The third-order valence-corrected chi connectivity index (χ3v) is 3.83. The van der Waals surface area contributed by atoms with Crippen molar-refractivity contribution in [3.8, 4) is 0 Å². The van der Waals surface area contributed by atoms with Crippen LogP contribution in [0.1, 0.15) is 37.2 Å². The van der Waals surface area contributed by atoms with Gasteiger partial charge in [0.15, 0.2) is 0 Å². The fourth-order valence-electron chi connectivity index (χ4n) is 3.09. The highest BCUT2D eigenvalue weighted by atomic mass is 16.5. The van der Waals surface area contributed by atoms with Crippen LogP contribution in [-0.4, -0.2) is 35.3 Å². The van der Waals surface area contributed by atoms with Crippen molar-refractivity contribution in [1.29, 1.82) is 0 Å². The topological polar surface area (TPSA) is 38.2 Å². The predicted molar refractivity (Wildman–Crippen MR) is 71.0 cm³/mol. The Labute approximate surface area is 108 Å². The highest BCUT2D eigenvalue weighted by Gasteiger charge is 2.26. The summed E-state index contributed by atoms with van der Waals surface area (Å²) in [6.45, 7) is 8.12. The summed E-state index contributed by atoms with van der Waals surface area (Å²) in [5.41, 5.74) is 3.82. The van der Waals surface area contributed by atoms with Gasteiger partial charge >= 0.3 is 0 Å². The Bertz CT molecular complexity index is 451. The third kappa shape index (κ3) is 2.09. The summed E-state index contributed by atoms with van der Waals surface area (Å²) in [6.07, 6.45) is 4.00. The molecule has 2 atom stereocenters. The van der Waals surface area contributed by atoms with Gasteiger partial charge in [-0.2, -0.15) is 0 Å². The van der Waals surface area contributed by atoms with Crippen molar-refractivity contribution in [3.63, 3.8) is 0 Å². The molecule has 0 radical (unpaired) electrons. The first kappa shape index (κ1) is 11.9. The Hall–Kier alpha value is -1.16. The van der Waals surface area contributed by atoms with E-state index in [2.05, 4.69) is 25.7 Å². The number of nitrogens with zero attached hydrogens (tertiary/aromatic N) is 3. The van der Waals surface area contributed by atoms with Gasteiger partial charge in [0.2, 0.25) is 5.95 Å². The minimum absolute atomic E-state index is 0.255. The van der Waals surface area contributed by atoms with Gasteiger partial charge < -0.3 is 9.64 Å². The second-order valence-electron chi connectivity index (χ2n) is 5.55. The van der Waals surface area contributed by atoms with Crippen LogP contribution in [0.3, 0.4) is 0 Å². The predicted octanol–water partition coefficient (Wildman–Crippen LogP) is 1.89. The lowest BCUT2D eigenvalue weighted by atomic mass is 10.2. The lowest BCUT2D eigenvalue weighted by molar-refractivity contribution is -0.00574. The summed E-state index contributed by atoms with van der Waals surface area (Å²) in [6, 6.07) is 0. The number of aromatic nitrogens is 2. The van der Waals surface area contributed by atoms with Crippen LogP contribution in [0.2, 0.25) is 0 Å². The number of anilines is 1. The zero-order valence-electron chi connectivity index (χ0n) is 11.4. The number of ether oxygens (including phenoxy) is 1. The van der Waals surface area contributed by atoms with Gasteiger partial charge in [-0.15, -0.1) is 0 Å². The van der Waals surface area contributed by atoms with E-state index >= 15 is 0 Å². The molecule has 4 heteroatoms. The number of aryl methyl sites for hydroxylation is 2. The number of hydrogen-bond donors (Lipinski definition) is 0. The second-order valence-corrected chi connectivity index (χ2v) is 5.55. The molecule has 1 aromatic heterocycles. The fourth-order valence-corrected chi connectivity index (χ4v) is 3.09. The van der Waals surface area contributed by atoms with Gasteiger partial charge in [0, 0.05) is 24.5 Å². The molecule has 0 saturated carbocycles. The molecular weight excluding hydrogens is 226 g/mol. The first-order chi connectivity index (χ1) is 8.63. The molecule has 1 fully saturated rings. The Morgan fingerprint density at radius 1 is 1.11 bits per heavy atom. The molecule has 0 bridgehead atoms. The monoisotopic (exact) mass is 247 g/mol. The van der Waals surface area contributed by atoms with E-state index < -0.39 is 0 Å². The van der Waals surface area contributed by atoms with Gasteiger partial charge in [-0.05, 0) is 45.6 Å². The molecule has 0 N–H and O–H groups in total. The van der Waals surface area contributed by atoms with Crippen molar-refractivity contribution in [3.05, 3.63) is 17.0 Å². The molecule has 0 amide bonds. The highest BCUT2D eigenvalue weighted by Crippen LogP contribution is 2.25. The minimum Gasteiger partial charge on any atom is -0.372 e. The van der Waals surface area contributed by atoms with Crippen LogP contribution in [0, 0.1) is 6.92 Å². The smallest absolute Gasteiger partial charge is 0.225 e. The molecule has 0 spiro atoms. The number of fused-ring (bicyclic) bond motifs is 1. The summed E-state index contributed by atoms with van der Waals surface area (Å²) in [4.78, 5) is 11.7. The van der Waals surface area contributed by atoms with Crippen LogP contribution in [0.25, 0.3) is 0 Å². The molecule has 2 heterocycles. The quantitative estimate of drug-likeness (QED) is 0.759. The lowest BCUT2D eigenvalue weighted by Gasteiger charge is -2.35. The van der Waals surface area contributed by atoms with Crippen LogP contribution < -0.4 is 4.90 Å². The van der Waals surface area contributed by atoms with Gasteiger partial charge in [0.25, 0.3) is 0 Å². The molecule has 1 aromatic rings. The summed E-state index contributed by atoms with van der Waals surface area (Å²) in [5, 5.41) is 0. The Morgan fingerprint density at radius 2 is 1.83 bits per heavy atom. The lowest BCUT2D eigenvalue weighted by Crippen LogP contribution is -2.46. The maximum Gasteiger partial charge on any atom is 0.225 e. The van der Waals surface area contributed by atoms with Gasteiger partial charge in [0.05, 0.1) is 12.2 Å². The zero-order valence-corrected chi connectivity index (χ0v) is 11.4. The Kier molecular flexibility index (Phi) is 2.98. The number of hydrogen-bond acceptors (Lipinski definition) is 4. The summed E-state index contributed by atoms with van der Waals surface area (Å²) in [5.74, 6) is 0.898. The molecule has 4 nitrogen and oxygen atoms in total. The van der Waals surface area contributed by atoms with Crippen molar-refractivity contribution in [2.45, 2.75) is 52.2 Å². The van der Waals surface area contributed by atoms with E-state index in [1.165, 1.54) is 23.4 Å². The largest absolute Gasteiger partial charge is 0.372 e. The van der Waals surface area contributed by atoms with Crippen molar-refractivity contribution < 1.29 is 4.74 Å². The first-order valence-corrected chi connectivity index (χ1v) is 6.90. The fraction of sp³-hybridized carbons (Fsp3) is 0.714. The minimum atomic E-state index is 0.255. The van der Waals surface area contributed by atoms with E-state index in [0.717, 1.165) is 31.9 Å². The molecule has 0 aromatic carbocycles. The summed E-state index contributed by atoms with van der Waals surface area (Å²) < 4.78 is 5.76. The van der Waals surface area contributed by atoms with Crippen molar-refractivity contribution in [2.24, 2.45) is 0 Å². The Balaban J connectivity index is 1.90. The highest BCUT2D eigenvalue weighted by molar-refractivity contribution is 5.39. The van der Waals surface area contributed by atoms with Crippen molar-refractivity contribution in [1.82, 2.24) is 9.97 Å². The average molecular weight is 247 g/mol. The molecule has 1 aliphatic heterocycles. The van der Waals surface area contributed by atoms with Gasteiger partial charge in [-0.1, -0.05) is 0 Å². The van der Waals surface area contributed by atoms with E-state index in [9.17, 15) is 0 Å². The van der Waals surface area contributed by atoms with Gasteiger partial charge in [0.1, 0.15) is 0 Å². The standard InChI is InChI=1S/C14H21N3O/c1-9-7-17(8-10(2)18-9)14-15-11(3)12-5-4-6-13(12)16-14/h9-10H,4-8H2,1-3H3/t9-,10-/m1/s1. The van der Waals surface area contributed by atoms with E-state index in [0.29, 0.717) is 0 Å². The zero-order chi connectivity index (χ0) is 12.7. The summed E-state index contributed by atoms with van der Waals surface area (Å²) >= 11 is 0. The van der Waals surface area contributed by atoms with Gasteiger partial charge in [-0.3, -0.25) is 0 Å². The SMILES string of the molecule is Cc1nc(N2C[C@@H](C)O[C@H](C)C2)nc2c1CCC2. The van der Waals surface area contributed by atoms with Crippen molar-refractivity contribution in [2.75, 3.05) is 18.0 Å². The van der Waals surface area contributed by atoms with Crippen LogP contribution in [-0.2, 0) is 17.6 Å². The molecule has 98 valence electrons. The van der Waals surface area contributed by atoms with E-state index in [-0.39, 0.29) is 12.2 Å². The van der Waals surface area contributed by atoms with E-state index in [1.807, 2.05) is 0 Å². The molecular formula is C14H21N3O. The van der Waals surface area contributed by atoms with Crippen LogP contribution in [0.4, 0.5) is 5.95 Å². The molecule has 1 saturated heterocycles. The molecule has 1 aliphatic carbocycles. The number of rotatable bonds is 1. The molecule has 0 unspecified atom stereocenters. The van der Waals surface area contributed by atoms with E-state index in [1.54, 1.807) is 0 Å². The van der Waals surface area contributed by atoms with Crippen LogP contribution in [0.5, 0.6) is 0 Å². The number of morpholine rings is 1. The Morgan fingerprint density at radius 3 is 2.56 bits per heavy atom. The third-order valence-electron chi connectivity index (χ3n) is 3.83. The maximum absolute atomic E-state index is 5.76. The van der Waals surface area contributed by atoms with Gasteiger partial charge in [-0.25, -0.2) is 9.97 Å². The summed E-state index contributed by atoms with van der Waals surface area (Å²) in [7, 11) is 0. The van der Waals surface area contributed by atoms with E-state index in [4.69, 9.17) is 14.7 Å². The van der Waals surface area contributed by atoms with Crippen molar-refractivity contribution >= 4 is 5.95 Å². The van der Waals surface area contributed by atoms with Crippen LogP contribution in [0.15, 0.2) is 0 Å². The van der Waals surface area contributed by atoms with Crippen LogP contribution >= 0.6 is 0 Å². The molecule has 2 aliphatic rings. The molecule has 18 heavy (non-hydrogen) atoms. The average Bonchev–Trinajstić information content (AvgIpc) is 2.76. The normalized spacial score (nSPS) is 27.4. The first-order valence-electron chi connectivity index (χ1n) is 6.90.